The molecule has 1 aromatic carbocycles. The lowest BCUT2D eigenvalue weighted by atomic mass is 10.2. The maximum atomic E-state index is 13.9. The normalized spacial score (nSPS) is 22.3. The second-order valence-electron chi connectivity index (χ2n) is 6.70. The summed E-state index contributed by atoms with van der Waals surface area (Å²) in [7, 11) is -1.65. The first kappa shape index (κ1) is 18.6. The minimum Gasteiger partial charge on any atom is -0.366 e. The second-order valence-corrected chi connectivity index (χ2v) is 8.93. The van der Waals surface area contributed by atoms with Gasteiger partial charge in [-0.05, 0) is 18.6 Å². The molecule has 0 spiro atoms. The molecule has 7 nitrogen and oxygen atoms in total. The molecular formula is C17H22FN3O4S. The lowest BCUT2D eigenvalue weighted by molar-refractivity contribution is -0.152. The van der Waals surface area contributed by atoms with Gasteiger partial charge >= 0.3 is 11.8 Å². The van der Waals surface area contributed by atoms with Crippen molar-refractivity contribution in [3.8, 4) is 0 Å². The minimum atomic E-state index is -3.13. The number of sulfone groups is 1. The molecule has 26 heavy (non-hydrogen) atoms. The van der Waals surface area contributed by atoms with Gasteiger partial charge in [0.25, 0.3) is 0 Å². The quantitative estimate of drug-likeness (QED) is 0.678. The number of carbonyl (C=O) groups excluding carboxylic acids is 2. The number of anilines is 1. The number of hydrogen-bond acceptors (Lipinski definition) is 5. The van der Waals surface area contributed by atoms with Crippen LogP contribution >= 0.6 is 0 Å². The van der Waals surface area contributed by atoms with Crippen molar-refractivity contribution in [2.75, 3.05) is 49.6 Å². The predicted molar refractivity (Wildman–Crippen MR) is 95.0 cm³/mol. The highest BCUT2D eigenvalue weighted by molar-refractivity contribution is 7.91. The molecule has 0 N–H and O–H groups in total. The van der Waals surface area contributed by atoms with E-state index in [-0.39, 0.29) is 17.3 Å². The molecule has 1 atom stereocenters. The van der Waals surface area contributed by atoms with Crippen molar-refractivity contribution >= 4 is 27.3 Å². The highest BCUT2D eigenvalue weighted by atomic mass is 32.2. The van der Waals surface area contributed by atoms with E-state index in [1.165, 1.54) is 22.9 Å². The Morgan fingerprint density at radius 1 is 1.15 bits per heavy atom. The van der Waals surface area contributed by atoms with E-state index in [2.05, 4.69) is 0 Å². The molecule has 9 heteroatoms. The molecule has 0 aromatic heterocycles. The van der Waals surface area contributed by atoms with Gasteiger partial charge < -0.3 is 14.7 Å². The maximum absolute atomic E-state index is 13.9. The van der Waals surface area contributed by atoms with E-state index in [1.807, 2.05) is 4.90 Å². The van der Waals surface area contributed by atoms with Crippen LogP contribution in [0, 0.1) is 5.82 Å². The summed E-state index contributed by atoms with van der Waals surface area (Å²) in [6.07, 6.45) is 0.360. The SMILES string of the molecule is CN(C(=O)C(=O)N1CCN(c2ccccc2F)CC1)C1CCS(=O)(=O)C1. The van der Waals surface area contributed by atoms with Gasteiger partial charge in [0.1, 0.15) is 5.82 Å². The zero-order valence-electron chi connectivity index (χ0n) is 14.6. The van der Waals surface area contributed by atoms with Crippen LogP contribution in [0.2, 0.25) is 0 Å². The Hall–Kier alpha value is -2.16. The van der Waals surface area contributed by atoms with Crippen molar-refractivity contribution in [3.05, 3.63) is 30.1 Å². The van der Waals surface area contributed by atoms with E-state index in [9.17, 15) is 22.4 Å². The van der Waals surface area contributed by atoms with E-state index in [4.69, 9.17) is 0 Å². The predicted octanol–water partition coefficient (Wildman–Crippen LogP) is 0.120. The molecule has 0 aliphatic carbocycles. The lowest BCUT2D eigenvalue weighted by Crippen LogP contribution is -2.54. The molecule has 2 heterocycles. The van der Waals surface area contributed by atoms with Gasteiger partial charge in [-0.2, -0.15) is 0 Å². The number of hydrogen-bond donors (Lipinski definition) is 0. The zero-order chi connectivity index (χ0) is 18.9. The van der Waals surface area contributed by atoms with Crippen molar-refractivity contribution in [2.45, 2.75) is 12.5 Å². The fourth-order valence-electron chi connectivity index (χ4n) is 3.39. The Kier molecular flexibility index (Phi) is 5.17. The fraction of sp³-hybridized carbons (Fsp3) is 0.529. The number of rotatable bonds is 2. The molecule has 0 radical (unpaired) electrons. The van der Waals surface area contributed by atoms with Crippen LogP contribution in [0.5, 0.6) is 0 Å². The van der Waals surface area contributed by atoms with Gasteiger partial charge in [0.2, 0.25) is 0 Å². The molecule has 2 aliphatic rings. The van der Waals surface area contributed by atoms with Gasteiger partial charge in [0, 0.05) is 39.3 Å². The summed E-state index contributed by atoms with van der Waals surface area (Å²) in [6, 6.07) is 6.00. The molecule has 2 amide bonds. The molecule has 0 bridgehead atoms. The Balaban J connectivity index is 1.58. The number of piperazine rings is 1. The number of likely N-dealkylation sites (N-methyl/N-ethyl adjacent to an activating group) is 1. The monoisotopic (exact) mass is 383 g/mol. The van der Waals surface area contributed by atoms with Crippen molar-refractivity contribution in [1.29, 1.82) is 0 Å². The van der Waals surface area contributed by atoms with Crippen molar-refractivity contribution in [3.63, 3.8) is 0 Å². The molecule has 0 saturated carbocycles. The first-order valence-electron chi connectivity index (χ1n) is 8.54. The first-order chi connectivity index (χ1) is 12.3. The van der Waals surface area contributed by atoms with Crippen LogP contribution < -0.4 is 4.90 Å². The third-order valence-electron chi connectivity index (χ3n) is 5.02. The van der Waals surface area contributed by atoms with E-state index in [0.717, 1.165) is 0 Å². The summed E-state index contributed by atoms with van der Waals surface area (Å²) in [5.41, 5.74) is 0.485. The largest absolute Gasteiger partial charge is 0.366 e. The van der Waals surface area contributed by atoms with Crippen LogP contribution in [0.4, 0.5) is 10.1 Å². The molecule has 142 valence electrons. The van der Waals surface area contributed by atoms with E-state index in [1.54, 1.807) is 18.2 Å². The van der Waals surface area contributed by atoms with Crippen LogP contribution in [0.25, 0.3) is 0 Å². The van der Waals surface area contributed by atoms with Gasteiger partial charge in [-0.1, -0.05) is 12.1 Å². The Morgan fingerprint density at radius 3 is 2.38 bits per heavy atom. The van der Waals surface area contributed by atoms with Crippen LogP contribution in [-0.2, 0) is 19.4 Å². The van der Waals surface area contributed by atoms with E-state index in [0.29, 0.717) is 38.3 Å². The third kappa shape index (κ3) is 3.82. The molecule has 1 aromatic rings. The zero-order valence-corrected chi connectivity index (χ0v) is 15.4. The van der Waals surface area contributed by atoms with E-state index >= 15 is 0 Å². The number of benzene rings is 1. The maximum Gasteiger partial charge on any atom is 0.312 e. The number of amides is 2. The lowest BCUT2D eigenvalue weighted by Gasteiger charge is -2.36. The molecular weight excluding hydrogens is 361 g/mol. The van der Waals surface area contributed by atoms with Crippen LogP contribution in [0.15, 0.2) is 24.3 Å². The summed E-state index contributed by atoms with van der Waals surface area (Å²) in [6.45, 7) is 1.49. The summed E-state index contributed by atoms with van der Waals surface area (Å²) < 4.78 is 37.0. The Bertz CT molecular complexity index is 806. The van der Waals surface area contributed by atoms with Crippen molar-refractivity contribution < 1.29 is 22.4 Å². The summed E-state index contributed by atoms with van der Waals surface area (Å²) in [5, 5.41) is 0. The van der Waals surface area contributed by atoms with Crippen molar-refractivity contribution in [1.82, 2.24) is 9.80 Å². The van der Waals surface area contributed by atoms with Gasteiger partial charge in [-0.15, -0.1) is 0 Å². The number of para-hydroxylation sites is 1. The van der Waals surface area contributed by atoms with Gasteiger partial charge in [0.15, 0.2) is 9.84 Å². The third-order valence-corrected chi connectivity index (χ3v) is 6.77. The summed E-state index contributed by atoms with van der Waals surface area (Å²) >= 11 is 0. The van der Waals surface area contributed by atoms with Gasteiger partial charge in [-0.3, -0.25) is 9.59 Å². The molecule has 2 saturated heterocycles. The molecule has 2 aliphatic heterocycles. The average Bonchev–Trinajstić information content (AvgIpc) is 3.00. The highest BCUT2D eigenvalue weighted by Crippen LogP contribution is 2.21. The number of nitrogens with zero attached hydrogens (tertiary/aromatic N) is 3. The second kappa shape index (κ2) is 7.22. The standard InChI is InChI=1S/C17H22FN3O4S/c1-19(13-6-11-26(24,25)12-13)16(22)17(23)21-9-7-20(8-10-21)15-5-3-2-4-14(15)18/h2-5,13H,6-12H2,1H3. The van der Waals surface area contributed by atoms with Crippen LogP contribution in [0.1, 0.15) is 6.42 Å². The van der Waals surface area contributed by atoms with Crippen LogP contribution in [0.3, 0.4) is 0 Å². The fourth-order valence-corrected chi connectivity index (χ4v) is 5.17. The Morgan fingerprint density at radius 2 is 1.81 bits per heavy atom. The smallest absolute Gasteiger partial charge is 0.312 e. The molecule has 3 rings (SSSR count). The van der Waals surface area contributed by atoms with Gasteiger partial charge in [-0.25, -0.2) is 12.8 Å². The average molecular weight is 383 g/mol. The van der Waals surface area contributed by atoms with Gasteiger partial charge in [0.05, 0.1) is 17.2 Å². The topological polar surface area (TPSA) is 78.0 Å². The summed E-state index contributed by atoms with van der Waals surface area (Å²) in [5.74, 6) is -1.68. The highest BCUT2D eigenvalue weighted by Gasteiger charge is 2.36. The Labute approximate surface area is 152 Å². The van der Waals surface area contributed by atoms with E-state index < -0.39 is 27.7 Å². The first-order valence-corrected chi connectivity index (χ1v) is 10.4. The van der Waals surface area contributed by atoms with Crippen molar-refractivity contribution in [2.24, 2.45) is 0 Å². The molecule has 1 unspecified atom stereocenters. The minimum absolute atomic E-state index is 0.0464. The molecule has 2 fully saturated rings. The number of halogens is 1. The number of carbonyl (C=O) groups is 2. The summed E-state index contributed by atoms with van der Waals surface area (Å²) in [4.78, 5) is 29.4. The van der Waals surface area contributed by atoms with Crippen LogP contribution in [-0.4, -0.2) is 80.8 Å².